The lowest BCUT2D eigenvalue weighted by Gasteiger charge is -2.37. The van der Waals surface area contributed by atoms with Gasteiger partial charge in [0, 0.05) is 12.6 Å². The predicted octanol–water partition coefficient (Wildman–Crippen LogP) is 3.92. The Labute approximate surface area is 176 Å². The first-order valence-electron chi connectivity index (χ1n) is 10.1. The number of nitrogens with one attached hydrogen (secondary N) is 1. The van der Waals surface area contributed by atoms with E-state index in [1.54, 1.807) is 52.6 Å². The standard InChI is InChI=1S/C22H40N2O5/c1-12-28-19(26)15(4)13-16(14(2)3)24(11)18(25)17(21(5,6)7)23-20(27)29-22(8,9)10/h13-14,16-17H,12H2,1-11H3,(H,23,27)/b15-13+/t16-,17+/m1/s1. The second-order valence-corrected chi connectivity index (χ2v) is 9.70. The number of ether oxygens (including phenoxy) is 2. The summed E-state index contributed by atoms with van der Waals surface area (Å²) in [5.41, 5.74) is -0.761. The van der Waals surface area contributed by atoms with Crippen LogP contribution >= 0.6 is 0 Å². The summed E-state index contributed by atoms with van der Waals surface area (Å²) in [4.78, 5) is 39.2. The highest BCUT2D eigenvalue weighted by Gasteiger charge is 2.38. The molecule has 0 aliphatic carbocycles. The number of nitrogens with zero attached hydrogens (tertiary/aromatic N) is 1. The van der Waals surface area contributed by atoms with E-state index in [1.165, 1.54) is 0 Å². The molecule has 0 aliphatic rings. The smallest absolute Gasteiger partial charge is 0.408 e. The van der Waals surface area contributed by atoms with Crippen molar-refractivity contribution in [2.75, 3.05) is 13.7 Å². The van der Waals surface area contributed by atoms with Crippen molar-refractivity contribution in [2.45, 2.75) is 86.9 Å². The highest BCUT2D eigenvalue weighted by molar-refractivity contribution is 5.89. The average molecular weight is 413 g/mol. The minimum absolute atomic E-state index is 0.0514. The van der Waals surface area contributed by atoms with Crippen LogP contribution in [0.1, 0.15) is 69.2 Å². The van der Waals surface area contributed by atoms with Gasteiger partial charge in [-0.25, -0.2) is 9.59 Å². The molecule has 0 radical (unpaired) electrons. The van der Waals surface area contributed by atoms with Crippen molar-refractivity contribution in [3.8, 4) is 0 Å². The molecule has 0 aromatic rings. The van der Waals surface area contributed by atoms with Gasteiger partial charge in [0.15, 0.2) is 0 Å². The third-order valence-electron chi connectivity index (χ3n) is 4.27. The Bertz CT molecular complexity index is 612. The first kappa shape index (κ1) is 27.0. The number of esters is 1. The van der Waals surface area contributed by atoms with Crippen molar-refractivity contribution in [3.63, 3.8) is 0 Å². The lowest BCUT2D eigenvalue weighted by molar-refractivity contribution is -0.139. The van der Waals surface area contributed by atoms with Gasteiger partial charge < -0.3 is 19.7 Å². The Balaban J connectivity index is 5.71. The van der Waals surface area contributed by atoms with E-state index in [0.29, 0.717) is 5.57 Å². The monoisotopic (exact) mass is 412 g/mol. The van der Waals surface area contributed by atoms with Crippen LogP contribution in [0.25, 0.3) is 0 Å². The molecule has 29 heavy (non-hydrogen) atoms. The van der Waals surface area contributed by atoms with Crippen molar-refractivity contribution in [1.29, 1.82) is 0 Å². The summed E-state index contributed by atoms with van der Waals surface area (Å²) in [7, 11) is 1.68. The highest BCUT2D eigenvalue weighted by Crippen LogP contribution is 2.24. The van der Waals surface area contributed by atoms with E-state index in [0.717, 1.165) is 0 Å². The van der Waals surface area contributed by atoms with Gasteiger partial charge in [0.1, 0.15) is 11.6 Å². The molecule has 0 fully saturated rings. The summed E-state index contributed by atoms with van der Waals surface area (Å²) in [6.45, 7) is 18.6. The summed E-state index contributed by atoms with van der Waals surface area (Å²) in [5, 5.41) is 2.72. The molecule has 2 atom stereocenters. The molecule has 7 heteroatoms. The Kier molecular flexibility index (Phi) is 9.90. The molecule has 0 heterocycles. The van der Waals surface area contributed by atoms with E-state index in [1.807, 2.05) is 34.6 Å². The van der Waals surface area contributed by atoms with Crippen LogP contribution in [-0.4, -0.2) is 54.2 Å². The number of carbonyl (C=O) groups is 3. The van der Waals surface area contributed by atoms with Crippen LogP contribution < -0.4 is 5.32 Å². The maximum absolute atomic E-state index is 13.3. The highest BCUT2D eigenvalue weighted by atomic mass is 16.6. The minimum Gasteiger partial charge on any atom is -0.463 e. The molecule has 0 spiro atoms. The molecule has 0 aliphatic heterocycles. The number of alkyl carbamates (subject to hydrolysis) is 1. The fourth-order valence-corrected chi connectivity index (χ4v) is 2.75. The van der Waals surface area contributed by atoms with Crippen LogP contribution in [0.3, 0.4) is 0 Å². The summed E-state index contributed by atoms with van der Waals surface area (Å²) in [5.74, 6) is -0.608. The average Bonchev–Trinajstić information content (AvgIpc) is 2.53. The molecule has 168 valence electrons. The number of amides is 2. The van der Waals surface area contributed by atoms with Crippen molar-refractivity contribution in [2.24, 2.45) is 11.3 Å². The molecular formula is C22H40N2O5. The summed E-state index contributed by atoms with van der Waals surface area (Å²) in [6.07, 6.45) is 1.10. The maximum Gasteiger partial charge on any atom is 0.408 e. The third-order valence-corrected chi connectivity index (χ3v) is 4.27. The van der Waals surface area contributed by atoms with Gasteiger partial charge in [0.2, 0.25) is 5.91 Å². The zero-order valence-corrected chi connectivity index (χ0v) is 20.0. The molecule has 0 rings (SSSR count). The van der Waals surface area contributed by atoms with Crippen molar-refractivity contribution < 1.29 is 23.9 Å². The molecule has 0 bridgehead atoms. The number of rotatable bonds is 7. The molecular weight excluding hydrogens is 372 g/mol. The first-order chi connectivity index (χ1) is 13.0. The largest absolute Gasteiger partial charge is 0.463 e. The van der Waals surface area contributed by atoms with Gasteiger partial charge in [0.05, 0.1) is 12.6 Å². The van der Waals surface area contributed by atoms with E-state index >= 15 is 0 Å². The SMILES string of the molecule is CCOC(=O)/C(C)=C/[C@H](C(C)C)N(C)C(=O)[C@H](NC(=O)OC(C)(C)C)C(C)(C)C. The van der Waals surface area contributed by atoms with Crippen LogP contribution in [0.15, 0.2) is 11.6 Å². The molecule has 0 saturated carbocycles. The molecule has 2 amide bonds. The van der Waals surface area contributed by atoms with Crippen molar-refractivity contribution in [3.05, 3.63) is 11.6 Å². The molecule has 0 aromatic heterocycles. The lowest BCUT2D eigenvalue weighted by atomic mass is 9.85. The van der Waals surface area contributed by atoms with E-state index in [-0.39, 0.29) is 24.5 Å². The zero-order valence-electron chi connectivity index (χ0n) is 20.0. The topological polar surface area (TPSA) is 84.9 Å². The second kappa shape index (κ2) is 10.6. The quantitative estimate of drug-likeness (QED) is 0.506. The summed E-state index contributed by atoms with van der Waals surface area (Å²) >= 11 is 0. The van der Waals surface area contributed by atoms with Gasteiger partial charge in [-0.3, -0.25) is 4.79 Å². The van der Waals surface area contributed by atoms with E-state index in [9.17, 15) is 14.4 Å². The summed E-state index contributed by atoms with van der Waals surface area (Å²) < 4.78 is 10.4. The third kappa shape index (κ3) is 9.33. The minimum atomic E-state index is -0.792. The number of likely N-dealkylation sites (N-methyl/N-ethyl adjacent to an activating group) is 1. The predicted molar refractivity (Wildman–Crippen MR) is 114 cm³/mol. The fourth-order valence-electron chi connectivity index (χ4n) is 2.75. The maximum atomic E-state index is 13.3. The lowest BCUT2D eigenvalue weighted by Crippen LogP contribution is -2.56. The number of carbonyl (C=O) groups excluding carboxylic acids is 3. The van der Waals surface area contributed by atoms with Gasteiger partial charge >= 0.3 is 12.1 Å². The van der Waals surface area contributed by atoms with Gasteiger partial charge in [-0.1, -0.05) is 40.7 Å². The van der Waals surface area contributed by atoms with E-state index < -0.39 is 29.1 Å². The van der Waals surface area contributed by atoms with Crippen molar-refractivity contribution >= 4 is 18.0 Å². The normalized spacial score (nSPS) is 14.8. The number of hydrogen-bond acceptors (Lipinski definition) is 5. The molecule has 7 nitrogen and oxygen atoms in total. The van der Waals surface area contributed by atoms with Gasteiger partial charge in [0.25, 0.3) is 0 Å². The Morgan fingerprint density at radius 2 is 1.59 bits per heavy atom. The Hall–Kier alpha value is -2.05. The van der Waals surface area contributed by atoms with Crippen LogP contribution in [0, 0.1) is 11.3 Å². The second-order valence-electron chi connectivity index (χ2n) is 9.70. The zero-order chi connectivity index (χ0) is 23.2. The van der Waals surface area contributed by atoms with E-state index in [2.05, 4.69) is 5.32 Å². The Morgan fingerprint density at radius 1 is 1.07 bits per heavy atom. The molecule has 1 N–H and O–H groups in total. The van der Waals surface area contributed by atoms with Crippen LogP contribution in [0.5, 0.6) is 0 Å². The Morgan fingerprint density at radius 3 is 1.97 bits per heavy atom. The van der Waals surface area contributed by atoms with E-state index in [4.69, 9.17) is 9.47 Å². The molecule has 0 unspecified atom stereocenters. The van der Waals surface area contributed by atoms with Crippen LogP contribution in [-0.2, 0) is 19.1 Å². The first-order valence-corrected chi connectivity index (χ1v) is 10.1. The van der Waals surface area contributed by atoms with Gasteiger partial charge in [-0.15, -0.1) is 0 Å². The van der Waals surface area contributed by atoms with Crippen molar-refractivity contribution in [1.82, 2.24) is 10.2 Å². The molecule has 0 aromatic carbocycles. The van der Waals surface area contributed by atoms with Crippen LogP contribution in [0.2, 0.25) is 0 Å². The van der Waals surface area contributed by atoms with Gasteiger partial charge in [-0.05, 0) is 46.0 Å². The fraction of sp³-hybridized carbons (Fsp3) is 0.773. The van der Waals surface area contributed by atoms with Crippen LogP contribution in [0.4, 0.5) is 4.79 Å². The number of hydrogen-bond donors (Lipinski definition) is 1. The molecule has 0 saturated heterocycles. The summed E-state index contributed by atoms with van der Waals surface area (Å²) in [6, 6.07) is -1.13. The van der Waals surface area contributed by atoms with Gasteiger partial charge in [-0.2, -0.15) is 0 Å².